The van der Waals surface area contributed by atoms with E-state index in [1.807, 2.05) is 48.5 Å². The molecule has 5 heterocycles. The van der Waals surface area contributed by atoms with Crippen LogP contribution in [0.5, 0.6) is 0 Å². The van der Waals surface area contributed by atoms with Crippen LogP contribution in [0.3, 0.4) is 0 Å². The van der Waals surface area contributed by atoms with E-state index < -0.39 is 35.9 Å². The number of rotatable bonds is 12. The number of benzene rings is 3. The summed E-state index contributed by atoms with van der Waals surface area (Å²) in [5.74, 6) is -0.757. The van der Waals surface area contributed by atoms with Crippen LogP contribution in [0.2, 0.25) is 0 Å². The van der Waals surface area contributed by atoms with Gasteiger partial charge < -0.3 is 40.0 Å². The van der Waals surface area contributed by atoms with Crippen molar-refractivity contribution in [3.8, 4) is 11.3 Å². The fourth-order valence-electron chi connectivity index (χ4n) is 9.43. The van der Waals surface area contributed by atoms with Gasteiger partial charge >= 0.3 is 6.09 Å². The van der Waals surface area contributed by atoms with Gasteiger partial charge in [0.05, 0.1) is 31.1 Å². The zero-order chi connectivity index (χ0) is 43.6. The van der Waals surface area contributed by atoms with Crippen LogP contribution in [0.1, 0.15) is 110 Å². The summed E-state index contributed by atoms with van der Waals surface area (Å²) >= 11 is 0. The third-order valence-corrected chi connectivity index (χ3v) is 12.9. The number of hydrogen-bond acceptors (Lipinski definition) is 8. The van der Waals surface area contributed by atoms with Crippen molar-refractivity contribution in [3.63, 3.8) is 0 Å². The SMILES string of the molecule is COC(=O)N[C@@H](C(=O)N1CCC[C@H]1c1ncc(C2CCN(c3c(F)cc(-c4cnc([C@@H]5CCCN5C(=O)[C@H](NC(=O)C5CC5)c5ccccc5)[nH]4)cc3F)CC2)[nH]1)c1ccccc1. The van der Waals surface area contributed by atoms with Gasteiger partial charge in [-0.25, -0.2) is 23.5 Å². The number of anilines is 1. The summed E-state index contributed by atoms with van der Waals surface area (Å²) in [5, 5.41) is 5.67. The Bertz CT molecular complexity index is 2430. The molecule has 4 aliphatic rings. The Morgan fingerprint density at radius 1 is 0.698 bits per heavy atom. The van der Waals surface area contributed by atoms with Gasteiger partial charge in [-0.2, -0.15) is 0 Å². The molecule has 328 valence electrons. The Balaban J connectivity index is 0.843. The molecule has 4 amide bonds. The van der Waals surface area contributed by atoms with Crippen LogP contribution >= 0.6 is 0 Å². The van der Waals surface area contributed by atoms with E-state index in [1.54, 1.807) is 39.2 Å². The second kappa shape index (κ2) is 18.0. The maximum atomic E-state index is 15.9. The molecule has 1 aliphatic carbocycles. The summed E-state index contributed by atoms with van der Waals surface area (Å²) in [5.41, 5.74) is 2.92. The molecular weight excluding hydrogens is 809 g/mol. The lowest BCUT2D eigenvalue weighted by Gasteiger charge is -2.33. The zero-order valence-corrected chi connectivity index (χ0v) is 35.1. The number of H-pyrrole nitrogens is 2. The molecule has 0 radical (unpaired) electrons. The summed E-state index contributed by atoms with van der Waals surface area (Å²) in [6, 6.07) is 18.5. The Labute approximate surface area is 363 Å². The molecule has 2 aromatic heterocycles. The molecule has 0 spiro atoms. The molecule has 3 aliphatic heterocycles. The second-order valence-electron chi connectivity index (χ2n) is 16.9. The molecule has 5 aromatic rings. The van der Waals surface area contributed by atoms with Crippen LogP contribution in [-0.2, 0) is 19.1 Å². The third-order valence-electron chi connectivity index (χ3n) is 12.9. The van der Waals surface area contributed by atoms with E-state index in [1.165, 1.54) is 19.2 Å². The average molecular weight is 860 g/mol. The van der Waals surface area contributed by atoms with Crippen LogP contribution < -0.4 is 15.5 Å². The number of halogens is 2. The molecule has 3 saturated heterocycles. The third kappa shape index (κ3) is 8.75. The minimum absolute atomic E-state index is 0.0594. The highest BCUT2D eigenvalue weighted by atomic mass is 19.1. The van der Waals surface area contributed by atoms with E-state index in [2.05, 4.69) is 25.6 Å². The van der Waals surface area contributed by atoms with E-state index in [0.29, 0.717) is 85.9 Å². The van der Waals surface area contributed by atoms with E-state index in [-0.39, 0.29) is 41.3 Å². The van der Waals surface area contributed by atoms with Crippen molar-refractivity contribution in [2.45, 2.75) is 81.5 Å². The van der Waals surface area contributed by atoms with Gasteiger partial charge in [-0.15, -0.1) is 0 Å². The number of carbonyl (C=O) groups excluding carboxylic acids is 4. The van der Waals surface area contributed by atoms with Crippen LogP contribution in [0.15, 0.2) is 85.2 Å². The molecule has 3 aromatic carbocycles. The number of nitrogens with zero attached hydrogens (tertiary/aromatic N) is 5. The van der Waals surface area contributed by atoms with Crippen molar-refractivity contribution in [2.75, 3.05) is 38.2 Å². The first-order valence-corrected chi connectivity index (χ1v) is 21.9. The molecule has 63 heavy (non-hydrogen) atoms. The van der Waals surface area contributed by atoms with Gasteiger partial charge in [-0.1, -0.05) is 60.7 Å². The van der Waals surface area contributed by atoms with Crippen LogP contribution in [0.4, 0.5) is 19.3 Å². The number of carbonyl (C=O) groups is 4. The Morgan fingerprint density at radius 3 is 1.79 bits per heavy atom. The Hall–Kier alpha value is -6.58. The van der Waals surface area contributed by atoms with Crippen molar-refractivity contribution < 1.29 is 32.7 Å². The molecular formula is C47H51F2N9O5. The Morgan fingerprint density at radius 2 is 1.24 bits per heavy atom. The highest BCUT2D eigenvalue weighted by Gasteiger charge is 2.40. The lowest BCUT2D eigenvalue weighted by molar-refractivity contribution is -0.138. The smallest absolute Gasteiger partial charge is 0.407 e. The van der Waals surface area contributed by atoms with Crippen molar-refractivity contribution in [3.05, 3.63) is 125 Å². The summed E-state index contributed by atoms with van der Waals surface area (Å²) in [6.07, 6.45) is 8.42. The van der Waals surface area contributed by atoms with E-state index in [4.69, 9.17) is 9.72 Å². The lowest BCUT2D eigenvalue weighted by Crippen LogP contribution is -2.43. The molecule has 4 fully saturated rings. The fourth-order valence-corrected chi connectivity index (χ4v) is 9.43. The number of hydrogen-bond donors (Lipinski definition) is 4. The topological polar surface area (TPSA) is 169 Å². The number of aromatic nitrogens is 4. The predicted octanol–water partition coefficient (Wildman–Crippen LogP) is 7.15. The minimum Gasteiger partial charge on any atom is -0.453 e. The van der Waals surface area contributed by atoms with Crippen LogP contribution in [0.25, 0.3) is 11.3 Å². The fraction of sp³-hybridized carbons (Fsp3) is 0.404. The van der Waals surface area contributed by atoms with Gasteiger partial charge in [0.15, 0.2) is 0 Å². The second-order valence-corrected chi connectivity index (χ2v) is 16.9. The first-order valence-electron chi connectivity index (χ1n) is 21.9. The standard InChI is InChI=1S/C47H51F2N9O5/c1-63-47(62)55-40(30-12-6-3-7-13-30)46(61)58-21-9-14-37(58)42-50-26-35(52-42)28-18-22-56(23-19-28)41-33(48)24-32(25-34(41)49)36-27-51-43(53-36)38-15-8-20-57(38)45(60)39(29-10-4-2-5-11-29)54-44(59)31-16-17-31/h2-7,10-13,24-28,31,37-40H,8-9,14-23H2,1H3,(H,50,52)(H,51,53)(H,54,59)(H,55,62)/t37-,38-,39+,40+/m0/s1. The number of nitrogens with one attached hydrogen (secondary N) is 4. The molecule has 0 unspecified atom stereocenters. The van der Waals surface area contributed by atoms with Crippen LogP contribution in [-0.4, -0.2) is 86.8 Å². The number of methoxy groups -OCH3 is 1. The molecule has 9 rings (SSSR count). The highest BCUT2D eigenvalue weighted by Crippen LogP contribution is 2.39. The largest absolute Gasteiger partial charge is 0.453 e. The van der Waals surface area contributed by atoms with Crippen molar-refractivity contribution in [1.82, 2.24) is 40.4 Å². The number of piperidine rings is 1. The monoisotopic (exact) mass is 859 g/mol. The number of alkyl carbamates (subject to hydrolysis) is 1. The van der Waals surface area contributed by atoms with Gasteiger partial charge in [-0.3, -0.25) is 14.4 Å². The average Bonchev–Trinajstić information content (AvgIpc) is 3.75. The normalized spacial score (nSPS) is 20.1. The first kappa shape index (κ1) is 41.8. The van der Waals surface area contributed by atoms with Gasteiger partial charge in [0.2, 0.25) is 11.8 Å². The number of aromatic amines is 2. The maximum Gasteiger partial charge on any atom is 0.407 e. The van der Waals surface area contributed by atoms with Gasteiger partial charge in [-0.05, 0) is 74.6 Å². The number of amides is 4. The highest BCUT2D eigenvalue weighted by molar-refractivity contribution is 5.91. The van der Waals surface area contributed by atoms with E-state index in [9.17, 15) is 19.2 Å². The summed E-state index contributed by atoms with van der Waals surface area (Å²) in [4.78, 5) is 74.3. The lowest BCUT2D eigenvalue weighted by atomic mass is 9.93. The zero-order valence-electron chi connectivity index (χ0n) is 35.1. The van der Waals surface area contributed by atoms with Gasteiger partial charge in [0.1, 0.15) is 41.1 Å². The first-order chi connectivity index (χ1) is 30.7. The molecule has 4 N–H and O–H groups in total. The van der Waals surface area contributed by atoms with Crippen molar-refractivity contribution in [2.24, 2.45) is 5.92 Å². The van der Waals surface area contributed by atoms with Crippen molar-refractivity contribution >= 4 is 29.5 Å². The molecule has 16 heteroatoms. The van der Waals surface area contributed by atoms with Crippen LogP contribution in [0, 0.1) is 17.6 Å². The van der Waals surface area contributed by atoms with E-state index >= 15 is 8.78 Å². The quantitative estimate of drug-likeness (QED) is 0.103. The molecule has 14 nitrogen and oxygen atoms in total. The maximum absolute atomic E-state index is 15.9. The van der Waals surface area contributed by atoms with E-state index in [0.717, 1.165) is 31.4 Å². The van der Waals surface area contributed by atoms with Gasteiger partial charge in [0.25, 0.3) is 5.91 Å². The van der Waals surface area contributed by atoms with Gasteiger partial charge in [0, 0.05) is 55.5 Å². The number of ether oxygens (including phenoxy) is 1. The summed E-state index contributed by atoms with van der Waals surface area (Å²) in [7, 11) is 1.26. The molecule has 1 saturated carbocycles. The summed E-state index contributed by atoms with van der Waals surface area (Å²) in [6.45, 7) is 1.84. The number of likely N-dealkylation sites (tertiary alicyclic amines) is 2. The summed E-state index contributed by atoms with van der Waals surface area (Å²) < 4.78 is 36.7. The minimum atomic E-state index is -0.919. The predicted molar refractivity (Wildman–Crippen MR) is 229 cm³/mol. The molecule has 4 atom stereocenters. The molecule has 0 bridgehead atoms. The Kier molecular flexibility index (Phi) is 11.9. The van der Waals surface area contributed by atoms with Crippen molar-refractivity contribution in [1.29, 1.82) is 0 Å². The number of imidazole rings is 2.